The lowest BCUT2D eigenvalue weighted by Crippen LogP contribution is -2.22. The molecule has 6 nitrogen and oxygen atoms in total. The summed E-state index contributed by atoms with van der Waals surface area (Å²) in [4.78, 5) is 30.8. The topological polar surface area (TPSA) is 92.1 Å². The van der Waals surface area contributed by atoms with Crippen molar-refractivity contribution in [3.8, 4) is 6.07 Å². The number of pyridine rings is 1. The number of aryl methyl sites for hydroxylation is 1. The van der Waals surface area contributed by atoms with Gasteiger partial charge in [0.05, 0.1) is 28.6 Å². The highest BCUT2D eigenvalue weighted by molar-refractivity contribution is 7.99. The summed E-state index contributed by atoms with van der Waals surface area (Å²) < 4.78 is 5.38. The fourth-order valence-electron chi connectivity index (χ4n) is 3.64. The Labute approximate surface area is 178 Å². The van der Waals surface area contributed by atoms with Crippen LogP contribution in [0.5, 0.6) is 0 Å². The Morgan fingerprint density at radius 2 is 1.93 bits per heavy atom. The lowest BCUT2D eigenvalue weighted by Gasteiger charge is -2.13. The molecule has 0 atom stereocenters. The van der Waals surface area contributed by atoms with E-state index in [2.05, 4.69) is 16.4 Å². The smallest absolute Gasteiger partial charge is 0.339 e. The van der Waals surface area contributed by atoms with Crippen molar-refractivity contribution in [3.05, 3.63) is 65.4 Å². The maximum atomic E-state index is 12.9. The molecule has 30 heavy (non-hydrogen) atoms. The Morgan fingerprint density at radius 3 is 2.80 bits per heavy atom. The minimum atomic E-state index is -0.506. The number of para-hydroxylation sites is 2. The summed E-state index contributed by atoms with van der Waals surface area (Å²) in [6, 6.07) is 16.8. The number of nitrogens with one attached hydrogen (secondary N) is 1. The maximum absolute atomic E-state index is 12.9. The van der Waals surface area contributed by atoms with Gasteiger partial charge in [-0.05, 0) is 43.0 Å². The molecule has 1 aliphatic carbocycles. The number of ether oxygens (including phenoxy) is 1. The molecule has 0 unspecified atom stereocenters. The van der Waals surface area contributed by atoms with Gasteiger partial charge in [-0.1, -0.05) is 30.3 Å². The number of esters is 1. The van der Waals surface area contributed by atoms with Gasteiger partial charge in [-0.2, -0.15) is 5.26 Å². The third-order valence-corrected chi connectivity index (χ3v) is 5.85. The Hall–Kier alpha value is -3.37. The predicted molar refractivity (Wildman–Crippen MR) is 115 cm³/mol. The minimum Gasteiger partial charge on any atom is -0.452 e. The van der Waals surface area contributed by atoms with Crippen LogP contribution in [0.25, 0.3) is 10.9 Å². The predicted octanol–water partition coefficient (Wildman–Crippen LogP) is 4.13. The molecule has 0 radical (unpaired) electrons. The minimum absolute atomic E-state index is 0.280. The fraction of sp³-hybridized carbons (Fsp3) is 0.217. The summed E-state index contributed by atoms with van der Waals surface area (Å²) in [7, 11) is 0. The highest BCUT2D eigenvalue weighted by atomic mass is 32.2. The zero-order valence-electron chi connectivity index (χ0n) is 16.2. The number of amides is 1. The third-order valence-electron chi connectivity index (χ3n) is 4.91. The summed E-state index contributed by atoms with van der Waals surface area (Å²) >= 11 is 1.33. The molecule has 0 aliphatic heterocycles. The summed E-state index contributed by atoms with van der Waals surface area (Å²) in [6.45, 7) is -0.387. The molecule has 0 saturated heterocycles. The number of aromatic nitrogens is 1. The summed E-state index contributed by atoms with van der Waals surface area (Å²) in [5.74, 6) is -0.653. The van der Waals surface area contributed by atoms with Crippen LogP contribution < -0.4 is 5.32 Å². The van der Waals surface area contributed by atoms with Gasteiger partial charge in [-0.3, -0.25) is 9.78 Å². The number of carbonyl (C=O) groups excluding carboxylic acids is 2. The molecule has 4 rings (SSSR count). The van der Waals surface area contributed by atoms with Crippen molar-refractivity contribution in [1.82, 2.24) is 4.98 Å². The molecule has 2 aromatic carbocycles. The number of nitrogens with zero attached hydrogens (tertiary/aromatic N) is 2. The second-order valence-corrected chi connectivity index (χ2v) is 7.87. The summed E-state index contributed by atoms with van der Waals surface area (Å²) in [5.41, 5.74) is 3.74. The van der Waals surface area contributed by atoms with Crippen molar-refractivity contribution in [2.75, 3.05) is 17.7 Å². The van der Waals surface area contributed by atoms with Crippen LogP contribution in [0, 0.1) is 11.3 Å². The molecule has 0 fully saturated rings. The van der Waals surface area contributed by atoms with Crippen molar-refractivity contribution in [1.29, 1.82) is 5.26 Å². The molecule has 1 heterocycles. The number of thioether (sulfide) groups is 1. The first kappa shape index (κ1) is 19.9. The van der Waals surface area contributed by atoms with E-state index in [-0.39, 0.29) is 12.4 Å². The number of carbonyl (C=O) groups is 2. The molecule has 3 aromatic rings. The SMILES string of the molecule is N#CCSc1ccccc1NC(=O)COC(=O)c1c2c(nc3ccccc13)CCC2. The van der Waals surface area contributed by atoms with Crippen LogP contribution in [-0.4, -0.2) is 29.2 Å². The second-order valence-electron chi connectivity index (χ2n) is 6.85. The Bertz CT molecular complexity index is 1170. The molecule has 1 N–H and O–H groups in total. The zero-order chi connectivity index (χ0) is 20.9. The Balaban J connectivity index is 1.49. The summed E-state index contributed by atoms with van der Waals surface area (Å²) in [5, 5.41) is 12.3. The van der Waals surface area contributed by atoms with Gasteiger partial charge < -0.3 is 10.1 Å². The normalized spacial score (nSPS) is 12.2. The Kier molecular flexibility index (Phi) is 5.96. The number of fused-ring (bicyclic) bond motifs is 2. The molecular formula is C23H19N3O3S. The highest BCUT2D eigenvalue weighted by Gasteiger charge is 2.25. The third kappa shape index (κ3) is 4.14. The molecule has 1 aromatic heterocycles. The van der Waals surface area contributed by atoms with E-state index >= 15 is 0 Å². The van der Waals surface area contributed by atoms with Crippen molar-refractivity contribution in [2.24, 2.45) is 0 Å². The molecule has 7 heteroatoms. The number of benzene rings is 2. The van der Waals surface area contributed by atoms with Crippen LogP contribution in [-0.2, 0) is 22.4 Å². The van der Waals surface area contributed by atoms with Crippen LogP contribution in [0.2, 0.25) is 0 Å². The van der Waals surface area contributed by atoms with E-state index in [0.717, 1.165) is 46.3 Å². The first-order valence-corrected chi connectivity index (χ1v) is 10.6. The van der Waals surface area contributed by atoms with E-state index in [0.29, 0.717) is 11.3 Å². The molecule has 0 bridgehead atoms. The molecule has 0 spiro atoms. The molecular weight excluding hydrogens is 398 g/mol. The van der Waals surface area contributed by atoms with Gasteiger partial charge in [-0.15, -0.1) is 11.8 Å². The van der Waals surface area contributed by atoms with Gasteiger partial charge in [0.1, 0.15) is 0 Å². The lowest BCUT2D eigenvalue weighted by molar-refractivity contribution is -0.119. The van der Waals surface area contributed by atoms with Gasteiger partial charge in [0, 0.05) is 16.0 Å². The van der Waals surface area contributed by atoms with Crippen LogP contribution in [0.4, 0.5) is 5.69 Å². The largest absolute Gasteiger partial charge is 0.452 e. The molecule has 150 valence electrons. The van der Waals surface area contributed by atoms with Crippen molar-refractivity contribution in [2.45, 2.75) is 24.2 Å². The van der Waals surface area contributed by atoms with E-state index in [4.69, 9.17) is 10.00 Å². The Morgan fingerprint density at radius 1 is 1.13 bits per heavy atom. The number of hydrogen-bond donors (Lipinski definition) is 1. The number of nitriles is 1. The average molecular weight is 417 g/mol. The van der Waals surface area contributed by atoms with Crippen LogP contribution in [0.3, 0.4) is 0 Å². The van der Waals surface area contributed by atoms with Gasteiger partial charge in [-0.25, -0.2) is 4.79 Å². The summed E-state index contributed by atoms with van der Waals surface area (Å²) in [6.07, 6.45) is 2.59. The van der Waals surface area contributed by atoms with E-state index in [9.17, 15) is 9.59 Å². The molecule has 1 aliphatic rings. The van der Waals surface area contributed by atoms with Crippen LogP contribution in [0.15, 0.2) is 53.4 Å². The van der Waals surface area contributed by atoms with Crippen molar-refractivity contribution >= 4 is 40.2 Å². The van der Waals surface area contributed by atoms with E-state index < -0.39 is 11.9 Å². The van der Waals surface area contributed by atoms with Gasteiger partial charge in [0.25, 0.3) is 5.91 Å². The second kappa shape index (κ2) is 8.97. The van der Waals surface area contributed by atoms with E-state index in [1.165, 1.54) is 11.8 Å². The monoisotopic (exact) mass is 417 g/mol. The standard InChI is InChI=1S/C23H19N3O3S/c24-12-13-30-20-11-4-3-9-19(20)26-21(27)14-29-23(28)22-15-6-1-2-8-17(15)25-18-10-5-7-16(18)22/h1-4,6,8-9,11H,5,7,10,13-14H2,(H,26,27). The van der Waals surface area contributed by atoms with Gasteiger partial charge in [0.2, 0.25) is 0 Å². The average Bonchev–Trinajstić information content (AvgIpc) is 3.23. The van der Waals surface area contributed by atoms with Crippen LogP contribution >= 0.6 is 11.8 Å². The zero-order valence-corrected chi connectivity index (χ0v) is 17.0. The number of anilines is 1. The lowest BCUT2D eigenvalue weighted by atomic mass is 10.0. The number of hydrogen-bond acceptors (Lipinski definition) is 6. The van der Waals surface area contributed by atoms with E-state index in [1.54, 1.807) is 12.1 Å². The first-order valence-electron chi connectivity index (χ1n) is 9.63. The fourth-order valence-corrected chi connectivity index (χ4v) is 4.31. The molecule has 0 saturated carbocycles. The van der Waals surface area contributed by atoms with Gasteiger partial charge in [0.15, 0.2) is 6.61 Å². The van der Waals surface area contributed by atoms with E-state index in [1.807, 2.05) is 36.4 Å². The number of rotatable bonds is 6. The molecule has 1 amide bonds. The van der Waals surface area contributed by atoms with Gasteiger partial charge >= 0.3 is 5.97 Å². The maximum Gasteiger partial charge on any atom is 0.339 e. The quantitative estimate of drug-likeness (QED) is 0.479. The van der Waals surface area contributed by atoms with Crippen molar-refractivity contribution in [3.63, 3.8) is 0 Å². The highest BCUT2D eigenvalue weighted by Crippen LogP contribution is 2.30. The van der Waals surface area contributed by atoms with Crippen LogP contribution in [0.1, 0.15) is 28.0 Å². The van der Waals surface area contributed by atoms with Crippen molar-refractivity contribution < 1.29 is 14.3 Å². The first-order chi connectivity index (χ1) is 14.7.